The average molecular weight is 267 g/mol. The molecule has 1 fully saturated rings. The first kappa shape index (κ1) is 16.4. The van der Waals surface area contributed by atoms with E-state index in [0.29, 0.717) is 6.10 Å². The monoisotopic (exact) mass is 267 g/mol. The minimum atomic E-state index is -0.382. The van der Waals surface area contributed by atoms with Crippen LogP contribution >= 0.6 is 0 Å². The van der Waals surface area contributed by atoms with Crippen molar-refractivity contribution in [2.24, 2.45) is 0 Å². The second kappa shape index (κ2) is 8.52. The summed E-state index contributed by atoms with van der Waals surface area (Å²) in [6.07, 6.45) is 4.65. The SMILES string of the molecule is CCCNC(C)(C#N)CCN1CCC(OCC)CC1. The third-order valence-corrected chi connectivity index (χ3v) is 3.88. The molecule has 19 heavy (non-hydrogen) atoms. The molecule has 0 aromatic heterocycles. The maximum atomic E-state index is 9.30. The Hall–Kier alpha value is -0.630. The lowest BCUT2D eigenvalue weighted by atomic mass is 9.98. The van der Waals surface area contributed by atoms with Gasteiger partial charge in [-0.3, -0.25) is 5.32 Å². The summed E-state index contributed by atoms with van der Waals surface area (Å²) in [6, 6.07) is 2.42. The van der Waals surface area contributed by atoms with Crippen LogP contribution in [0.2, 0.25) is 0 Å². The van der Waals surface area contributed by atoms with Gasteiger partial charge in [0.1, 0.15) is 5.54 Å². The molecular formula is C15H29N3O. The molecule has 0 amide bonds. The highest BCUT2D eigenvalue weighted by atomic mass is 16.5. The van der Waals surface area contributed by atoms with Crippen LogP contribution in [0.15, 0.2) is 0 Å². The first-order valence-corrected chi connectivity index (χ1v) is 7.63. The summed E-state index contributed by atoms with van der Waals surface area (Å²) in [4.78, 5) is 2.46. The quantitative estimate of drug-likeness (QED) is 0.732. The lowest BCUT2D eigenvalue weighted by molar-refractivity contribution is 0.0132. The van der Waals surface area contributed by atoms with Crippen molar-refractivity contribution in [1.29, 1.82) is 5.26 Å². The highest BCUT2D eigenvalue weighted by Gasteiger charge is 2.25. The van der Waals surface area contributed by atoms with E-state index in [2.05, 4.69) is 30.1 Å². The highest BCUT2D eigenvalue weighted by Crippen LogP contribution is 2.16. The number of piperidine rings is 1. The van der Waals surface area contributed by atoms with E-state index in [-0.39, 0.29) is 5.54 Å². The molecule has 1 aliphatic rings. The van der Waals surface area contributed by atoms with Crippen LogP contribution in [0.5, 0.6) is 0 Å². The number of nitrogens with zero attached hydrogens (tertiary/aromatic N) is 2. The van der Waals surface area contributed by atoms with Gasteiger partial charge in [-0.15, -0.1) is 0 Å². The lowest BCUT2D eigenvalue weighted by Crippen LogP contribution is -2.46. The van der Waals surface area contributed by atoms with E-state index in [1.165, 1.54) is 0 Å². The molecule has 0 radical (unpaired) electrons. The summed E-state index contributed by atoms with van der Waals surface area (Å²) in [5, 5.41) is 12.7. The van der Waals surface area contributed by atoms with Gasteiger partial charge in [0.15, 0.2) is 0 Å². The Morgan fingerprint density at radius 1 is 1.37 bits per heavy atom. The summed E-state index contributed by atoms with van der Waals surface area (Å²) in [6.45, 7) is 11.1. The van der Waals surface area contributed by atoms with Gasteiger partial charge in [-0.2, -0.15) is 5.26 Å². The number of rotatable bonds is 8. The molecule has 0 spiro atoms. The largest absolute Gasteiger partial charge is 0.378 e. The number of hydrogen-bond donors (Lipinski definition) is 1. The van der Waals surface area contributed by atoms with E-state index in [4.69, 9.17) is 4.74 Å². The number of nitriles is 1. The topological polar surface area (TPSA) is 48.3 Å². The summed E-state index contributed by atoms with van der Waals surface area (Å²) >= 11 is 0. The van der Waals surface area contributed by atoms with E-state index < -0.39 is 0 Å². The molecule has 1 unspecified atom stereocenters. The normalized spacial score (nSPS) is 20.9. The molecule has 4 heteroatoms. The van der Waals surface area contributed by atoms with E-state index in [1.807, 2.05) is 6.92 Å². The van der Waals surface area contributed by atoms with Crippen molar-refractivity contribution in [3.05, 3.63) is 0 Å². The summed E-state index contributed by atoms with van der Waals surface area (Å²) < 4.78 is 5.66. The van der Waals surface area contributed by atoms with Crippen molar-refractivity contribution in [2.45, 2.75) is 58.1 Å². The fourth-order valence-electron chi connectivity index (χ4n) is 2.50. The minimum Gasteiger partial charge on any atom is -0.378 e. The Labute approximate surface area is 118 Å². The first-order valence-electron chi connectivity index (χ1n) is 7.63. The second-order valence-corrected chi connectivity index (χ2v) is 5.62. The van der Waals surface area contributed by atoms with Gasteiger partial charge in [0.2, 0.25) is 0 Å². The fraction of sp³-hybridized carbons (Fsp3) is 0.933. The van der Waals surface area contributed by atoms with Gasteiger partial charge in [-0.05, 0) is 46.1 Å². The fourth-order valence-corrected chi connectivity index (χ4v) is 2.50. The van der Waals surface area contributed by atoms with Crippen molar-refractivity contribution in [1.82, 2.24) is 10.2 Å². The molecule has 1 heterocycles. The zero-order valence-corrected chi connectivity index (χ0v) is 12.7. The van der Waals surface area contributed by atoms with Gasteiger partial charge in [-0.1, -0.05) is 6.92 Å². The first-order chi connectivity index (χ1) is 9.13. The van der Waals surface area contributed by atoms with Gasteiger partial charge in [0.25, 0.3) is 0 Å². The summed E-state index contributed by atoms with van der Waals surface area (Å²) in [7, 11) is 0. The molecule has 110 valence electrons. The van der Waals surface area contributed by atoms with Crippen LogP contribution in [0.3, 0.4) is 0 Å². The third-order valence-electron chi connectivity index (χ3n) is 3.88. The smallest absolute Gasteiger partial charge is 0.105 e. The van der Waals surface area contributed by atoms with Crippen molar-refractivity contribution < 1.29 is 4.74 Å². The lowest BCUT2D eigenvalue weighted by Gasteiger charge is -2.33. The van der Waals surface area contributed by atoms with E-state index in [9.17, 15) is 5.26 Å². The minimum absolute atomic E-state index is 0.382. The number of ether oxygens (including phenoxy) is 1. The summed E-state index contributed by atoms with van der Waals surface area (Å²) in [5.74, 6) is 0. The van der Waals surface area contributed by atoms with Gasteiger partial charge in [0.05, 0.1) is 12.2 Å². The van der Waals surface area contributed by atoms with Gasteiger partial charge >= 0.3 is 0 Å². The maximum absolute atomic E-state index is 9.30. The van der Waals surface area contributed by atoms with Crippen molar-refractivity contribution in [3.8, 4) is 6.07 Å². The zero-order chi connectivity index (χ0) is 14.1. The Bertz CT molecular complexity index is 282. The molecule has 1 saturated heterocycles. The van der Waals surface area contributed by atoms with Crippen LogP contribution < -0.4 is 5.32 Å². The van der Waals surface area contributed by atoms with Gasteiger partial charge < -0.3 is 9.64 Å². The molecule has 0 saturated carbocycles. The van der Waals surface area contributed by atoms with Gasteiger partial charge in [0, 0.05) is 26.2 Å². The molecule has 4 nitrogen and oxygen atoms in total. The van der Waals surface area contributed by atoms with Crippen molar-refractivity contribution >= 4 is 0 Å². The van der Waals surface area contributed by atoms with Gasteiger partial charge in [-0.25, -0.2) is 0 Å². The second-order valence-electron chi connectivity index (χ2n) is 5.62. The Morgan fingerprint density at radius 2 is 2.05 bits per heavy atom. The molecule has 1 aliphatic heterocycles. The predicted octanol–water partition coefficient (Wildman–Crippen LogP) is 2.16. The predicted molar refractivity (Wildman–Crippen MR) is 78.0 cm³/mol. The highest BCUT2D eigenvalue weighted by molar-refractivity contribution is 5.04. The molecule has 0 aliphatic carbocycles. The molecule has 0 bridgehead atoms. The zero-order valence-electron chi connectivity index (χ0n) is 12.7. The molecule has 1 N–H and O–H groups in total. The molecule has 1 rings (SSSR count). The number of nitrogens with one attached hydrogen (secondary N) is 1. The number of hydrogen-bond acceptors (Lipinski definition) is 4. The van der Waals surface area contributed by atoms with E-state index in [0.717, 1.165) is 58.5 Å². The van der Waals surface area contributed by atoms with Crippen LogP contribution in [-0.2, 0) is 4.74 Å². The van der Waals surface area contributed by atoms with E-state index >= 15 is 0 Å². The third kappa shape index (κ3) is 5.90. The molecule has 0 aromatic rings. The summed E-state index contributed by atoms with van der Waals surface area (Å²) in [5.41, 5.74) is -0.382. The van der Waals surface area contributed by atoms with E-state index in [1.54, 1.807) is 0 Å². The maximum Gasteiger partial charge on any atom is 0.105 e. The standard InChI is InChI=1S/C15H29N3O/c1-4-9-17-15(3,13-16)8-12-18-10-6-14(7-11-18)19-5-2/h14,17H,4-12H2,1-3H3. The Morgan fingerprint density at radius 3 is 2.58 bits per heavy atom. The Balaban J connectivity index is 2.27. The van der Waals surface area contributed by atoms with Crippen LogP contribution in [0, 0.1) is 11.3 Å². The van der Waals surface area contributed by atoms with Crippen LogP contribution in [0.4, 0.5) is 0 Å². The van der Waals surface area contributed by atoms with Crippen LogP contribution in [0.25, 0.3) is 0 Å². The molecular weight excluding hydrogens is 238 g/mol. The van der Waals surface area contributed by atoms with Crippen molar-refractivity contribution in [2.75, 3.05) is 32.8 Å². The van der Waals surface area contributed by atoms with Crippen molar-refractivity contribution in [3.63, 3.8) is 0 Å². The molecule has 0 aromatic carbocycles. The average Bonchev–Trinajstić information content (AvgIpc) is 2.45. The van der Waals surface area contributed by atoms with Crippen LogP contribution in [0.1, 0.15) is 46.5 Å². The Kier molecular flexibility index (Phi) is 7.37. The van der Waals surface area contributed by atoms with Crippen LogP contribution in [-0.4, -0.2) is 49.3 Å². The molecule has 1 atom stereocenters. The number of likely N-dealkylation sites (tertiary alicyclic amines) is 1.